The Labute approximate surface area is 181 Å². The van der Waals surface area contributed by atoms with Crippen molar-refractivity contribution in [3.8, 4) is 6.01 Å². The monoisotopic (exact) mass is 428 g/mol. The van der Waals surface area contributed by atoms with Crippen molar-refractivity contribution in [1.29, 1.82) is 0 Å². The van der Waals surface area contributed by atoms with E-state index in [2.05, 4.69) is 44.5 Å². The van der Waals surface area contributed by atoms with Crippen molar-refractivity contribution in [3.05, 3.63) is 54.1 Å². The second-order valence-electron chi connectivity index (χ2n) is 8.70. The fraction of sp³-hybridized carbons (Fsp3) is 0.522. The van der Waals surface area contributed by atoms with Crippen LogP contribution in [0.3, 0.4) is 0 Å². The number of aliphatic carboxylic acids is 1. The average Bonchev–Trinajstić information content (AvgIpc) is 3.57. The van der Waals surface area contributed by atoms with Gasteiger partial charge < -0.3 is 20.1 Å². The van der Waals surface area contributed by atoms with Gasteiger partial charge >= 0.3 is 12.0 Å². The van der Waals surface area contributed by atoms with Crippen molar-refractivity contribution in [2.24, 2.45) is 5.41 Å². The quantitative estimate of drug-likeness (QED) is 0.602. The van der Waals surface area contributed by atoms with Gasteiger partial charge in [0.25, 0.3) is 0 Å². The molecule has 1 unspecified atom stereocenters. The molecule has 166 valence electrons. The molecule has 2 N–H and O–H groups in total. The van der Waals surface area contributed by atoms with E-state index in [-0.39, 0.29) is 17.8 Å². The number of nitrogens with one attached hydrogen (secondary N) is 1. The van der Waals surface area contributed by atoms with Gasteiger partial charge in [-0.3, -0.25) is 4.79 Å². The van der Waals surface area contributed by atoms with Crippen LogP contribution in [0.25, 0.3) is 0 Å². The third-order valence-electron chi connectivity index (χ3n) is 6.42. The molecule has 0 amide bonds. The lowest BCUT2D eigenvalue weighted by Crippen LogP contribution is -2.49. The van der Waals surface area contributed by atoms with E-state index in [0.29, 0.717) is 25.1 Å². The molecule has 1 aromatic carbocycles. The molecule has 1 aromatic heterocycles. The molecular weight excluding hydrogens is 399 g/mol. The van der Waals surface area contributed by atoms with E-state index in [1.54, 1.807) is 0 Å². The van der Waals surface area contributed by atoms with Crippen LogP contribution < -0.4 is 10.1 Å². The topological polar surface area (TPSA) is 87.6 Å². The van der Waals surface area contributed by atoms with Gasteiger partial charge in [0.2, 0.25) is 0 Å². The molecule has 2 atom stereocenters. The summed E-state index contributed by atoms with van der Waals surface area (Å²) >= 11 is 0. The lowest BCUT2D eigenvalue weighted by atomic mass is 9.78. The SMILES string of the molecule is O=C(O)CCN1CCC(CN[C@@H]2CC2c2ccccc2)(COc2ncc(F)cn2)CC1. The number of nitrogens with zero attached hydrogens (tertiary/aromatic N) is 3. The second-order valence-corrected chi connectivity index (χ2v) is 8.70. The van der Waals surface area contributed by atoms with Crippen LogP contribution in [-0.4, -0.2) is 64.8 Å². The number of rotatable bonds is 10. The van der Waals surface area contributed by atoms with Crippen molar-refractivity contribution < 1.29 is 19.0 Å². The summed E-state index contributed by atoms with van der Waals surface area (Å²) in [6.07, 6.45) is 5.29. The Morgan fingerprint density at radius 1 is 1.23 bits per heavy atom. The smallest absolute Gasteiger partial charge is 0.316 e. The highest BCUT2D eigenvalue weighted by Crippen LogP contribution is 2.42. The van der Waals surface area contributed by atoms with Crippen molar-refractivity contribution in [3.63, 3.8) is 0 Å². The van der Waals surface area contributed by atoms with E-state index < -0.39 is 11.8 Å². The van der Waals surface area contributed by atoms with Crippen LogP contribution >= 0.6 is 0 Å². The van der Waals surface area contributed by atoms with Gasteiger partial charge in [0, 0.05) is 30.5 Å². The van der Waals surface area contributed by atoms with E-state index in [4.69, 9.17) is 9.84 Å². The van der Waals surface area contributed by atoms with Gasteiger partial charge in [0.1, 0.15) is 0 Å². The molecule has 1 saturated carbocycles. The number of likely N-dealkylation sites (tertiary alicyclic amines) is 1. The van der Waals surface area contributed by atoms with E-state index in [9.17, 15) is 9.18 Å². The molecule has 7 nitrogen and oxygen atoms in total. The average molecular weight is 429 g/mol. The Morgan fingerprint density at radius 2 is 1.94 bits per heavy atom. The normalized spacial score (nSPS) is 22.7. The van der Waals surface area contributed by atoms with Gasteiger partial charge in [-0.05, 0) is 37.9 Å². The Morgan fingerprint density at radius 3 is 2.61 bits per heavy atom. The lowest BCUT2D eigenvalue weighted by molar-refractivity contribution is -0.137. The fourth-order valence-corrected chi connectivity index (χ4v) is 4.31. The molecular formula is C23H29FN4O3. The predicted octanol–water partition coefficient (Wildman–Crippen LogP) is 2.70. The van der Waals surface area contributed by atoms with Gasteiger partial charge in [0.05, 0.1) is 25.4 Å². The highest BCUT2D eigenvalue weighted by atomic mass is 19.1. The Bertz CT molecular complexity index is 857. The molecule has 2 aromatic rings. The van der Waals surface area contributed by atoms with Crippen LogP contribution in [0, 0.1) is 11.2 Å². The predicted molar refractivity (Wildman–Crippen MR) is 113 cm³/mol. The van der Waals surface area contributed by atoms with E-state index >= 15 is 0 Å². The first kappa shape index (κ1) is 21.6. The summed E-state index contributed by atoms with van der Waals surface area (Å²) in [5, 5.41) is 12.7. The molecule has 0 bridgehead atoms. The third kappa shape index (κ3) is 5.98. The van der Waals surface area contributed by atoms with Crippen LogP contribution in [0.4, 0.5) is 4.39 Å². The maximum Gasteiger partial charge on any atom is 0.316 e. The summed E-state index contributed by atoms with van der Waals surface area (Å²) in [6, 6.07) is 11.2. The molecule has 2 heterocycles. The summed E-state index contributed by atoms with van der Waals surface area (Å²) in [5.41, 5.74) is 1.27. The first-order chi connectivity index (χ1) is 15.0. The number of carboxylic acid groups (broad SMARTS) is 1. The zero-order valence-electron chi connectivity index (χ0n) is 17.5. The van der Waals surface area contributed by atoms with Crippen LogP contribution in [-0.2, 0) is 4.79 Å². The van der Waals surface area contributed by atoms with Gasteiger partial charge in [0.15, 0.2) is 5.82 Å². The van der Waals surface area contributed by atoms with Crippen LogP contribution in [0.1, 0.15) is 37.2 Å². The fourth-order valence-electron chi connectivity index (χ4n) is 4.31. The number of benzene rings is 1. The Hall–Kier alpha value is -2.58. The Balaban J connectivity index is 1.34. The van der Waals surface area contributed by atoms with E-state index in [1.807, 2.05) is 6.07 Å². The molecule has 31 heavy (non-hydrogen) atoms. The van der Waals surface area contributed by atoms with Crippen molar-refractivity contribution in [1.82, 2.24) is 20.2 Å². The van der Waals surface area contributed by atoms with Gasteiger partial charge in [-0.25, -0.2) is 14.4 Å². The van der Waals surface area contributed by atoms with E-state index in [0.717, 1.165) is 51.3 Å². The maximum atomic E-state index is 13.1. The zero-order chi connectivity index (χ0) is 21.7. The maximum absolute atomic E-state index is 13.1. The summed E-state index contributed by atoms with van der Waals surface area (Å²) < 4.78 is 18.9. The molecule has 2 aliphatic rings. The highest BCUT2D eigenvalue weighted by Gasteiger charge is 2.42. The minimum absolute atomic E-state index is 0.0959. The minimum atomic E-state index is -0.768. The van der Waals surface area contributed by atoms with Crippen LogP contribution in [0.5, 0.6) is 6.01 Å². The highest BCUT2D eigenvalue weighted by molar-refractivity contribution is 5.66. The summed E-state index contributed by atoms with van der Waals surface area (Å²) in [6.45, 7) is 3.49. The molecule has 1 aliphatic heterocycles. The summed E-state index contributed by atoms with van der Waals surface area (Å²) in [5.74, 6) is -0.706. The van der Waals surface area contributed by atoms with Gasteiger partial charge in [-0.1, -0.05) is 30.3 Å². The number of carbonyl (C=O) groups is 1. The number of carboxylic acids is 1. The largest absolute Gasteiger partial charge is 0.481 e. The molecule has 0 radical (unpaired) electrons. The van der Waals surface area contributed by atoms with Crippen LogP contribution in [0.15, 0.2) is 42.7 Å². The number of ether oxygens (including phenoxy) is 1. The summed E-state index contributed by atoms with van der Waals surface area (Å²) in [4.78, 5) is 20.9. The standard InChI is InChI=1S/C23H29FN4O3/c24-18-13-25-22(26-14-18)31-16-23(7-10-28(11-8-23)9-6-21(29)30)15-27-20-12-19(20)17-4-2-1-3-5-17/h1-5,13-14,19-20,27H,6-12,15-16H2,(H,29,30)/t19?,20-/m1/s1. The number of aromatic nitrogens is 2. The molecule has 2 fully saturated rings. The first-order valence-corrected chi connectivity index (χ1v) is 10.9. The number of piperidine rings is 1. The number of hydrogen-bond donors (Lipinski definition) is 2. The lowest BCUT2D eigenvalue weighted by Gasteiger charge is -2.41. The van der Waals surface area contributed by atoms with E-state index in [1.165, 1.54) is 5.56 Å². The zero-order valence-corrected chi connectivity index (χ0v) is 17.5. The van der Waals surface area contributed by atoms with Crippen LogP contribution in [0.2, 0.25) is 0 Å². The number of hydrogen-bond acceptors (Lipinski definition) is 6. The third-order valence-corrected chi connectivity index (χ3v) is 6.42. The molecule has 1 saturated heterocycles. The van der Waals surface area contributed by atoms with Gasteiger partial charge in [-0.2, -0.15) is 0 Å². The van der Waals surface area contributed by atoms with Crippen molar-refractivity contribution >= 4 is 5.97 Å². The van der Waals surface area contributed by atoms with Crippen molar-refractivity contribution in [2.45, 2.75) is 37.6 Å². The van der Waals surface area contributed by atoms with Crippen molar-refractivity contribution in [2.75, 3.05) is 32.8 Å². The van der Waals surface area contributed by atoms with Gasteiger partial charge in [-0.15, -0.1) is 0 Å². The molecule has 4 rings (SSSR count). The molecule has 1 aliphatic carbocycles. The summed E-state index contributed by atoms with van der Waals surface area (Å²) in [7, 11) is 0. The molecule has 8 heteroatoms. The number of halogens is 1. The first-order valence-electron chi connectivity index (χ1n) is 10.9. The second kappa shape index (κ2) is 9.70. The minimum Gasteiger partial charge on any atom is -0.481 e. The molecule has 0 spiro atoms. The Kier molecular flexibility index (Phi) is 6.77.